The van der Waals surface area contributed by atoms with E-state index < -0.39 is 0 Å². The third-order valence-corrected chi connectivity index (χ3v) is 3.57. The molecule has 22 heavy (non-hydrogen) atoms. The van der Waals surface area contributed by atoms with Crippen molar-refractivity contribution < 1.29 is 4.79 Å². The molecule has 0 heterocycles. The second kappa shape index (κ2) is 8.34. The van der Waals surface area contributed by atoms with E-state index in [1.807, 2.05) is 61.5 Å². The van der Waals surface area contributed by atoms with Crippen molar-refractivity contribution in [2.24, 2.45) is 5.10 Å². The summed E-state index contributed by atoms with van der Waals surface area (Å²) in [7, 11) is 0. The number of hydrogen-bond acceptors (Lipinski definition) is 3. The van der Waals surface area contributed by atoms with Gasteiger partial charge in [-0.1, -0.05) is 53.2 Å². The number of nitrogens with zero attached hydrogens (tertiary/aromatic N) is 1. The van der Waals surface area contributed by atoms with Crippen LogP contribution in [0.15, 0.2) is 64.2 Å². The van der Waals surface area contributed by atoms with Crippen LogP contribution in [0.3, 0.4) is 0 Å². The number of amides is 1. The molecule has 2 aromatic rings. The monoisotopic (exact) mass is 359 g/mol. The van der Waals surface area contributed by atoms with Crippen LogP contribution >= 0.6 is 15.9 Å². The normalized spacial score (nSPS) is 12.1. The summed E-state index contributed by atoms with van der Waals surface area (Å²) in [6.45, 7) is 1.96. The molecule has 0 fully saturated rings. The van der Waals surface area contributed by atoms with Crippen molar-refractivity contribution in [3.05, 3.63) is 64.6 Å². The van der Waals surface area contributed by atoms with Crippen LogP contribution < -0.4 is 10.7 Å². The number of carbonyl (C=O) groups excluding carboxylic acids is 1. The van der Waals surface area contributed by atoms with E-state index in [0.717, 1.165) is 15.7 Å². The lowest BCUT2D eigenvalue weighted by molar-refractivity contribution is -0.121. The van der Waals surface area contributed by atoms with Crippen LogP contribution in [0.25, 0.3) is 0 Å². The van der Waals surface area contributed by atoms with Crippen molar-refractivity contribution in [1.82, 2.24) is 5.43 Å². The van der Waals surface area contributed by atoms with Gasteiger partial charge >= 0.3 is 0 Å². The van der Waals surface area contributed by atoms with Gasteiger partial charge in [-0.3, -0.25) is 4.79 Å². The summed E-state index contributed by atoms with van der Waals surface area (Å²) in [5.41, 5.74) is 4.41. The van der Waals surface area contributed by atoms with Gasteiger partial charge in [0.1, 0.15) is 6.04 Å². The second-order valence-corrected chi connectivity index (χ2v) is 5.68. The summed E-state index contributed by atoms with van der Waals surface area (Å²) in [4.78, 5) is 12.1. The molecule has 2 N–H and O–H groups in total. The third kappa shape index (κ3) is 5.00. The van der Waals surface area contributed by atoms with Gasteiger partial charge in [0.2, 0.25) is 0 Å². The minimum Gasteiger partial charge on any atom is -0.374 e. The van der Waals surface area contributed by atoms with E-state index in [0.29, 0.717) is 6.42 Å². The summed E-state index contributed by atoms with van der Waals surface area (Å²) in [6, 6.07) is 17.0. The molecule has 0 aliphatic heterocycles. The van der Waals surface area contributed by atoms with Gasteiger partial charge in [-0.2, -0.15) is 5.10 Å². The number of anilines is 1. The summed E-state index contributed by atoms with van der Waals surface area (Å²) >= 11 is 3.40. The molecule has 0 spiro atoms. The van der Waals surface area contributed by atoms with Gasteiger partial charge < -0.3 is 5.32 Å². The Morgan fingerprint density at radius 3 is 2.68 bits per heavy atom. The molecular weight excluding hydrogens is 342 g/mol. The first-order valence-electron chi connectivity index (χ1n) is 7.09. The van der Waals surface area contributed by atoms with Gasteiger partial charge in [-0.05, 0) is 36.2 Å². The number of hydrogen-bond donors (Lipinski definition) is 2. The summed E-state index contributed by atoms with van der Waals surface area (Å²) in [5, 5.41) is 7.20. The highest BCUT2D eigenvalue weighted by Gasteiger charge is 2.15. The van der Waals surface area contributed by atoms with E-state index in [-0.39, 0.29) is 11.9 Å². The van der Waals surface area contributed by atoms with E-state index in [1.54, 1.807) is 6.21 Å². The standard InChI is InChI=1S/C17H18BrN3O/c1-2-16(20-15-9-4-3-5-10-15)17(22)21-19-12-13-7-6-8-14(18)11-13/h3-12,16,20H,2H2,1H3,(H,21,22)/b19-12-/t16-/m1/s1. The fourth-order valence-electron chi connectivity index (χ4n) is 1.92. The Balaban J connectivity index is 1.92. The molecule has 4 nitrogen and oxygen atoms in total. The minimum atomic E-state index is -0.318. The van der Waals surface area contributed by atoms with Crippen LogP contribution in [0.1, 0.15) is 18.9 Å². The molecule has 0 unspecified atom stereocenters. The zero-order valence-corrected chi connectivity index (χ0v) is 13.9. The fraction of sp³-hybridized carbons (Fsp3) is 0.176. The fourth-order valence-corrected chi connectivity index (χ4v) is 2.34. The van der Waals surface area contributed by atoms with Crippen molar-refractivity contribution in [2.75, 3.05) is 5.32 Å². The zero-order valence-electron chi connectivity index (χ0n) is 12.3. The molecule has 2 aromatic carbocycles. The Bertz CT molecular complexity index is 643. The first-order valence-corrected chi connectivity index (χ1v) is 7.88. The summed E-state index contributed by atoms with van der Waals surface area (Å²) in [5.74, 6) is -0.155. The number of rotatable bonds is 6. The maximum Gasteiger partial charge on any atom is 0.262 e. The molecular formula is C17H18BrN3O. The molecule has 1 amide bonds. The van der Waals surface area contributed by atoms with Crippen LogP contribution in [0.2, 0.25) is 0 Å². The van der Waals surface area contributed by atoms with Gasteiger partial charge in [0.15, 0.2) is 0 Å². The maximum atomic E-state index is 12.1. The Hall–Kier alpha value is -2.14. The molecule has 0 aliphatic rings. The molecule has 5 heteroatoms. The Kier molecular flexibility index (Phi) is 6.15. The Labute approximate surface area is 138 Å². The van der Waals surface area contributed by atoms with Crippen LogP contribution in [0.5, 0.6) is 0 Å². The van der Waals surface area contributed by atoms with E-state index >= 15 is 0 Å². The van der Waals surface area contributed by atoms with Crippen molar-refractivity contribution in [3.63, 3.8) is 0 Å². The average molecular weight is 360 g/mol. The van der Waals surface area contributed by atoms with Gasteiger partial charge in [0, 0.05) is 10.2 Å². The van der Waals surface area contributed by atoms with Crippen LogP contribution in [-0.2, 0) is 4.79 Å². The number of para-hydroxylation sites is 1. The first kappa shape index (κ1) is 16.2. The number of hydrazone groups is 1. The Morgan fingerprint density at radius 2 is 2.00 bits per heavy atom. The molecule has 2 rings (SSSR count). The lowest BCUT2D eigenvalue weighted by Crippen LogP contribution is -2.36. The SMILES string of the molecule is CC[C@@H](Nc1ccccc1)C(=O)N/N=C\c1cccc(Br)c1. The van der Waals surface area contributed by atoms with Gasteiger partial charge in [0.25, 0.3) is 5.91 Å². The molecule has 0 radical (unpaired) electrons. The smallest absolute Gasteiger partial charge is 0.262 e. The second-order valence-electron chi connectivity index (χ2n) is 4.76. The lowest BCUT2D eigenvalue weighted by atomic mass is 10.2. The highest BCUT2D eigenvalue weighted by molar-refractivity contribution is 9.10. The average Bonchev–Trinajstić information content (AvgIpc) is 2.53. The van der Waals surface area contributed by atoms with Crippen molar-refractivity contribution >= 4 is 33.7 Å². The molecule has 114 valence electrons. The van der Waals surface area contributed by atoms with Crippen LogP contribution in [-0.4, -0.2) is 18.2 Å². The summed E-state index contributed by atoms with van der Waals surface area (Å²) in [6.07, 6.45) is 2.30. The molecule has 0 saturated heterocycles. The minimum absolute atomic E-state index is 0.155. The predicted octanol–water partition coefficient (Wildman–Crippen LogP) is 3.79. The van der Waals surface area contributed by atoms with Gasteiger partial charge in [0.05, 0.1) is 6.21 Å². The molecule has 0 saturated carbocycles. The highest BCUT2D eigenvalue weighted by atomic mass is 79.9. The van der Waals surface area contributed by atoms with Gasteiger partial charge in [-0.15, -0.1) is 0 Å². The van der Waals surface area contributed by atoms with Crippen LogP contribution in [0.4, 0.5) is 5.69 Å². The molecule has 0 bridgehead atoms. The lowest BCUT2D eigenvalue weighted by Gasteiger charge is -2.16. The largest absolute Gasteiger partial charge is 0.374 e. The van der Waals surface area contributed by atoms with Crippen LogP contribution in [0, 0.1) is 0 Å². The zero-order chi connectivity index (χ0) is 15.8. The number of carbonyl (C=O) groups is 1. The highest BCUT2D eigenvalue weighted by Crippen LogP contribution is 2.10. The van der Waals surface area contributed by atoms with Crippen molar-refractivity contribution in [3.8, 4) is 0 Å². The van der Waals surface area contributed by atoms with E-state index in [4.69, 9.17) is 0 Å². The Morgan fingerprint density at radius 1 is 1.23 bits per heavy atom. The topological polar surface area (TPSA) is 53.5 Å². The molecule has 0 aliphatic carbocycles. The quantitative estimate of drug-likeness (QED) is 0.608. The van der Waals surface area contributed by atoms with Gasteiger partial charge in [-0.25, -0.2) is 5.43 Å². The van der Waals surface area contributed by atoms with E-state index in [9.17, 15) is 4.79 Å². The predicted molar refractivity (Wildman–Crippen MR) is 94.0 cm³/mol. The maximum absolute atomic E-state index is 12.1. The third-order valence-electron chi connectivity index (χ3n) is 3.08. The van der Waals surface area contributed by atoms with Crippen molar-refractivity contribution in [2.45, 2.75) is 19.4 Å². The molecule has 0 aromatic heterocycles. The first-order chi connectivity index (χ1) is 10.7. The molecule has 1 atom stereocenters. The summed E-state index contributed by atoms with van der Waals surface area (Å²) < 4.78 is 0.972. The number of halogens is 1. The van der Waals surface area contributed by atoms with E-state index in [2.05, 4.69) is 31.8 Å². The number of benzene rings is 2. The number of nitrogens with one attached hydrogen (secondary N) is 2. The van der Waals surface area contributed by atoms with E-state index in [1.165, 1.54) is 0 Å². The van der Waals surface area contributed by atoms with Crippen molar-refractivity contribution in [1.29, 1.82) is 0 Å².